The number of hydrogen-bond donors (Lipinski definition) is 2. The van der Waals surface area contributed by atoms with E-state index in [9.17, 15) is 9.18 Å². The van der Waals surface area contributed by atoms with Gasteiger partial charge in [0.2, 0.25) is 0 Å². The maximum Gasteiger partial charge on any atom is 0.263 e. The van der Waals surface area contributed by atoms with Crippen LogP contribution in [0.5, 0.6) is 5.75 Å². The number of halogens is 1. The summed E-state index contributed by atoms with van der Waals surface area (Å²) < 4.78 is 18.5. The smallest absolute Gasteiger partial charge is 0.263 e. The second-order valence-electron chi connectivity index (χ2n) is 6.30. The van der Waals surface area contributed by atoms with Crippen LogP contribution in [0.25, 0.3) is 0 Å². The molecule has 2 aromatic rings. The third-order valence-electron chi connectivity index (χ3n) is 3.60. The van der Waals surface area contributed by atoms with E-state index in [0.717, 1.165) is 6.42 Å². The topological polar surface area (TPSA) is 77.2 Å². The van der Waals surface area contributed by atoms with E-state index in [0.29, 0.717) is 33.8 Å². The maximum atomic E-state index is 12.9. The molecule has 0 saturated heterocycles. The van der Waals surface area contributed by atoms with Crippen LogP contribution in [0.4, 0.5) is 4.39 Å². The molecule has 0 aliphatic heterocycles. The first-order chi connectivity index (χ1) is 11.9. The molecule has 0 spiro atoms. The zero-order valence-corrected chi connectivity index (χ0v) is 15.5. The van der Waals surface area contributed by atoms with Gasteiger partial charge in [-0.05, 0) is 43.5 Å². The molecule has 7 heteroatoms. The maximum absolute atomic E-state index is 12.9. The third-order valence-corrected chi connectivity index (χ3v) is 4.73. The summed E-state index contributed by atoms with van der Waals surface area (Å²) in [6.07, 6.45) is 0.834. The van der Waals surface area contributed by atoms with Crippen LogP contribution in [0.2, 0.25) is 0 Å². The van der Waals surface area contributed by atoms with Gasteiger partial charge in [0.15, 0.2) is 0 Å². The molecule has 0 fully saturated rings. The molecule has 1 atom stereocenters. The number of nitrogens with zero attached hydrogens (tertiary/aromatic N) is 1. The number of aryl methyl sites for hydroxylation is 1. The van der Waals surface area contributed by atoms with Crippen molar-refractivity contribution >= 4 is 17.2 Å². The van der Waals surface area contributed by atoms with Gasteiger partial charge >= 0.3 is 0 Å². The molecule has 1 aromatic heterocycles. The summed E-state index contributed by atoms with van der Waals surface area (Å²) in [5.74, 6) is 0.544. The molecule has 1 unspecified atom stereocenters. The lowest BCUT2D eigenvalue weighted by Crippen LogP contribution is -2.41. The molecule has 1 heterocycles. The first-order valence-corrected chi connectivity index (χ1v) is 9.06. The zero-order chi connectivity index (χ0) is 18.4. The normalized spacial score (nSPS) is 12.2. The summed E-state index contributed by atoms with van der Waals surface area (Å²) in [5.41, 5.74) is 6.41. The van der Waals surface area contributed by atoms with E-state index >= 15 is 0 Å². The molecule has 25 heavy (non-hydrogen) atoms. The molecule has 1 amide bonds. The number of benzene rings is 1. The van der Waals surface area contributed by atoms with Crippen molar-refractivity contribution in [2.45, 2.75) is 39.8 Å². The second kappa shape index (κ2) is 8.92. The summed E-state index contributed by atoms with van der Waals surface area (Å²) in [6, 6.07) is 5.74. The number of amides is 1. The SMILES string of the molecule is Cc1nc(COc2ccc(F)cc2)sc1C(=O)NC(CN)CC(C)C. The predicted molar refractivity (Wildman–Crippen MR) is 97.3 cm³/mol. The highest BCUT2D eigenvalue weighted by Crippen LogP contribution is 2.21. The number of rotatable bonds is 8. The Morgan fingerprint density at radius 1 is 1.36 bits per heavy atom. The van der Waals surface area contributed by atoms with E-state index in [2.05, 4.69) is 24.1 Å². The van der Waals surface area contributed by atoms with Crippen molar-refractivity contribution in [3.63, 3.8) is 0 Å². The van der Waals surface area contributed by atoms with Crippen molar-refractivity contribution in [1.29, 1.82) is 0 Å². The molecule has 0 aliphatic carbocycles. The molecular weight excluding hydrogens is 341 g/mol. The first-order valence-electron chi connectivity index (χ1n) is 8.24. The lowest BCUT2D eigenvalue weighted by atomic mass is 10.0. The van der Waals surface area contributed by atoms with Gasteiger partial charge in [0.25, 0.3) is 5.91 Å². The number of carbonyl (C=O) groups is 1. The summed E-state index contributed by atoms with van der Waals surface area (Å²) in [7, 11) is 0. The highest BCUT2D eigenvalue weighted by Gasteiger charge is 2.19. The van der Waals surface area contributed by atoms with Gasteiger partial charge in [-0.25, -0.2) is 9.37 Å². The highest BCUT2D eigenvalue weighted by molar-refractivity contribution is 7.13. The van der Waals surface area contributed by atoms with Crippen molar-refractivity contribution in [2.75, 3.05) is 6.54 Å². The van der Waals surface area contributed by atoms with E-state index in [4.69, 9.17) is 10.5 Å². The minimum atomic E-state index is -0.313. The lowest BCUT2D eigenvalue weighted by molar-refractivity contribution is 0.0937. The Balaban J connectivity index is 1.98. The summed E-state index contributed by atoms with van der Waals surface area (Å²) in [5, 5.41) is 3.67. The lowest BCUT2D eigenvalue weighted by Gasteiger charge is -2.18. The first kappa shape index (κ1) is 19.3. The number of nitrogens with one attached hydrogen (secondary N) is 1. The van der Waals surface area contributed by atoms with Crippen LogP contribution in [0.1, 0.15) is 40.6 Å². The number of thiazole rings is 1. The monoisotopic (exact) mass is 365 g/mol. The summed E-state index contributed by atoms with van der Waals surface area (Å²) in [4.78, 5) is 17.4. The predicted octanol–water partition coefficient (Wildman–Crippen LogP) is 3.27. The van der Waals surface area contributed by atoms with E-state index in [1.54, 1.807) is 19.1 Å². The Morgan fingerprint density at radius 3 is 2.64 bits per heavy atom. The van der Waals surface area contributed by atoms with Crippen LogP contribution in [0, 0.1) is 18.7 Å². The number of nitrogens with two attached hydrogens (primary N) is 1. The Kier molecular flexibility index (Phi) is 6.90. The van der Waals surface area contributed by atoms with Gasteiger partial charge in [-0.15, -0.1) is 11.3 Å². The molecule has 2 rings (SSSR count). The summed E-state index contributed by atoms with van der Waals surface area (Å²) in [6.45, 7) is 6.63. The average Bonchev–Trinajstić information content (AvgIpc) is 2.94. The van der Waals surface area contributed by atoms with E-state index in [1.165, 1.54) is 23.5 Å². The molecule has 5 nitrogen and oxygen atoms in total. The molecule has 0 aliphatic rings. The second-order valence-corrected chi connectivity index (χ2v) is 7.38. The van der Waals surface area contributed by atoms with E-state index < -0.39 is 0 Å². The van der Waals surface area contributed by atoms with Crippen molar-refractivity contribution in [3.05, 3.63) is 45.7 Å². The van der Waals surface area contributed by atoms with Gasteiger partial charge < -0.3 is 15.8 Å². The highest BCUT2D eigenvalue weighted by atomic mass is 32.1. The fourth-order valence-corrected chi connectivity index (χ4v) is 3.32. The van der Waals surface area contributed by atoms with Gasteiger partial charge in [-0.3, -0.25) is 4.79 Å². The molecule has 1 aromatic carbocycles. The third kappa shape index (κ3) is 5.79. The Morgan fingerprint density at radius 2 is 2.04 bits per heavy atom. The minimum Gasteiger partial charge on any atom is -0.486 e. The quantitative estimate of drug-likeness (QED) is 0.753. The molecule has 0 radical (unpaired) electrons. The van der Waals surface area contributed by atoms with Crippen LogP contribution >= 0.6 is 11.3 Å². The van der Waals surface area contributed by atoms with Crippen molar-refractivity contribution in [3.8, 4) is 5.75 Å². The van der Waals surface area contributed by atoms with Crippen LogP contribution in [0.15, 0.2) is 24.3 Å². The largest absolute Gasteiger partial charge is 0.486 e. The molecule has 0 saturated carbocycles. The van der Waals surface area contributed by atoms with Crippen molar-refractivity contribution < 1.29 is 13.9 Å². The Hall–Kier alpha value is -1.99. The Bertz CT molecular complexity index is 701. The number of carbonyl (C=O) groups excluding carboxylic acids is 1. The molecular formula is C18H24FN3O2S. The fourth-order valence-electron chi connectivity index (χ4n) is 2.43. The van der Waals surface area contributed by atoms with Gasteiger partial charge in [-0.1, -0.05) is 13.8 Å². The van der Waals surface area contributed by atoms with Crippen LogP contribution in [-0.2, 0) is 6.61 Å². The molecule has 3 N–H and O–H groups in total. The average molecular weight is 365 g/mol. The van der Waals surface area contributed by atoms with Gasteiger partial charge in [-0.2, -0.15) is 0 Å². The van der Waals surface area contributed by atoms with Crippen LogP contribution in [-0.4, -0.2) is 23.5 Å². The van der Waals surface area contributed by atoms with E-state index in [-0.39, 0.29) is 24.4 Å². The van der Waals surface area contributed by atoms with Crippen LogP contribution < -0.4 is 15.8 Å². The standard InChI is InChI=1S/C18H24FN3O2S/c1-11(2)8-14(9-20)22-18(23)17-12(3)21-16(25-17)10-24-15-6-4-13(19)5-7-15/h4-7,11,14H,8-10,20H2,1-3H3,(H,22,23). The van der Waals surface area contributed by atoms with Gasteiger partial charge in [0.05, 0.1) is 5.69 Å². The van der Waals surface area contributed by atoms with Gasteiger partial charge in [0, 0.05) is 12.6 Å². The van der Waals surface area contributed by atoms with E-state index in [1.807, 2.05) is 0 Å². The number of hydrogen-bond acceptors (Lipinski definition) is 5. The number of aromatic nitrogens is 1. The number of ether oxygens (including phenoxy) is 1. The molecule has 0 bridgehead atoms. The Labute approximate surface area is 151 Å². The van der Waals surface area contributed by atoms with Crippen LogP contribution in [0.3, 0.4) is 0 Å². The minimum absolute atomic E-state index is 0.0482. The van der Waals surface area contributed by atoms with Crippen molar-refractivity contribution in [1.82, 2.24) is 10.3 Å². The summed E-state index contributed by atoms with van der Waals surface area (Å²) >= 11 is 1.30. The van der Waals surface area contributed by atoms with Gasteiger partial charge in [0.1, 0.15) is 28.1 Å². The zero-order valence-electron chi connectivity index (χ0n) is 14.7. The fraction of sp³-hybridized carbons (Fsp3) is 0.444. The van der Waals surface area contributed by atoms with Crippen molar-refractivity contribution in [2.24, 2.45) is 11.7 Å². The molecule has 136 valence electrons.